The van der Waals surface area contributed by atoms with Crippen molar-refractivity contribution < 1.29 is 39.7 Å². The van der Waals surface area contributed by atoms with Crippen molar-refractivity contribution in [2.45, 2.75) is 149 Å². The minimum absolute atomic E-state index is 0.00639. The predicted molar refractivity (Wildman–Crippen MR) is 171 cm³/mol. The summed E-state index contributed by atoms with van der Waals surface area (Å²) < 4.78 is 18.8. The average Bonchev–Trinajstić information content (AvgIpc) is 3.00. The van der Waals surface area contributed by atoms with E-state index in [1.54, 1.807) is 6.92 Å². The van der Waals surface area contributed by atoms with E-state index < -0.39 is 36.1 Å². The Hall–Kier alpha value is -0.580. The zero-order chi connectivity index (χ0) is 33.0. The summed E-state index contributed by atoms with van der Waals surface area (Å²) in [5.74, 6) is 0.738. The van der Waals surface area contributed by atoms with Crippen LogP contribution in [0.15, 0.2) is 11.6 Å². The molecule has 5 fully saturated rings. The van der Waals surface area contributed by atoms with Crippen molar-refractivity contribution in [2.24, 2.45) is 50.2 Å². The van der Waals surface area contributed by atoms with Gasteiger partial charge in [0.05, 0.1) is 24.9 Å². The van der Waals surface area contributed by atoms with E-state index in [0.29, 0.717) is 12.3 Å². The highest BCUT2D eigenvalue weighted by Crippen LogP contribution is 2.76. The van der Waals surface area contributed by atoms with Gasteiger partial charge in [-0.1, -0.05) is 53.2 Å². The molecule has 6 aliphatic rings. The van der Waals surface area contributed by atoms with Crippen LogP contribution in [0.2, 0.25) is 0 Å². The Morgan fingerprint density at radius 3 is 2.18 bits per heavy atom. The van der Waals surface area contributed by atoms with E-state index in [1.165, 1.54) is 5.57 Å². The first kappa shape index (κ1) is 34.3. The lowest BCUT2D eigenvalue weighted by molar-refractivity contribution is -0.329. The van der Waals surface area contributed by atoms with E-state index in [-0.39, 0.29) is 64.3 Å². The Labute approximate surface area is 270 Å². The summed E-state index contributed by atoms with van der Waals surface area (Å²) in [6.07, 6.45) is 5.40. The number of allylic oxidation sites excluding steroid dienone is 1. The van der Waals surface area contributed by atoms with Crippen molar-refractivity contribution in [1.82, 2.24) is 0 Å². The van der Waals surface area contributed by atoms with Crippen LogP contribution in [-0.4, -0.2) is 88.8 Å². The highest BCUT2D eigenvalue weighted by molar-refractivity contribution is 5.36. The van der Waals surface area contributed by atoms with Crippen LogP contribution >= 0.6 is 0 Å². The molecular weight excluding hydrogens is 572 g/mol. The molecule has 0 spiro atoms. The molecule has 0 aromatic heterocycles. The molecule has 1 saturated heterocycles. The molecule has 0 radical (unpaired) electrons. The number of hydrogen-bond donors (Lipinski definition) is 5. The normalized spacial score (nSPS) is 55.9. The van der Waals surface area contributed by atoms with Gasteiger partial charge in [0.1, 0.15) is 18.3 Å². The molecule has 6 rings (SSSR count). The maximum absolute atomic E-state index is 11.1. The summed E-state index contributed by atoms with van der Waals surface area (Å²) in [4.78, 5) is 0. The highest BCUT2D eigenvalue weighted by Gasteiger charge is 2.71. The maximum atomic E-state index is 11.1. The number of rotatable bonds is 5. The van der Waals surface area contributed by atoms with Gasteiger partial charge in [-0.25, -0.2) is 0 Å². The van der Waals surface area contributed by atoms with E-state index in [1.807, 2.05) is 7.11 Å². The second kappa shape index (κ2) is 11.2. The van der Waals surface area contributed by atoms with Gasteiger partial charge in [0.2, 0.25) is 0 Å². The molecule has 0 bridgehead atoms. The second-order valence-corrected chi connectivity index (χ2v) is 18.1. The van der Waals surface area contributed by atoms with E-state index in [2.05, 4.69) is 47.6 Å². The first-order valence-corrected chi connectivity index (χ1v) is 17.8. The summed E-state index contributed by atoms with van der Waals surface area (Å²) in [5.41, 5.74) is 0.973. The van der Waals surface area contributed by atoms with E-state index in [0.717, 1.165) is 51.4 Å². The van der Waals surface area contributed by atoms with Crippen LogP contribution in [0.5, 0.6) is 0 Å². The van der Waals surface area contributed by atoms with Gasteiger partial charge in [0.15, 0.2) is 6.29 Å². The van der Waals surface area contributed by atoms with Crippen LogP contribution in [0.1, 0.15) is 106 Å². The zero-order valence-electron chi connectivity index (χ0n) is 29.1. The summed E-state index contributed by atoms with van der Waals surface area (Å²) in [6.45, 7) is 16.2. The summed E-state index contributed by atoms with van der Waals surface area (Å²) in [6, 6.07) is 0. The highest BCUT2D eigenvalue weighted by atomic mass is 16.7. The average molecular weight is 635 g/mol. The molecule has 15 unspecified atom stereocenters. The molecule has 45 heavy (non-hydrogen) atoms. The Balaban J connectivity index is 1.36. The summed E-state index contributed by atoms with van der Waals surface area (Å²) in [7, 11) is 1.85. The number of aliphatic hydroxyl groups is 5. The lowest BCUT2D eigenvalue weighted by Gasteiger charge is -2.72. The maximum Gasteiger partial charge on any atom is 0.186 e. The number of aliphatic hydroxyl groups excluding tert-OH is 5. The molecule has 1 heterocycles. The quantitative estimate of drug-likeness (QED) is 0.220. The van der Waals surface area contributed by atoms with Gasteiger partial charge < -0.3 is 39.7 Å². The van der Waals surface area contributed by atoms with Crippen molar-refractivity contribution in [2.75, 3.05) is 20.3 Å². The topological polar surface area (TPSA) is 129 Å². The Morgan fingerprint density at radius 1 is 0.844 bits per heavy atom. The molecule has 5 N–H and O–H groups in total. The van der Waals surface area contributed by atoms with E-state index in [9.17, 15) is 25.5 Å². The molecule has 0 aromatic rings. The Bertz CT molecular complexity index is 1160. The largest absolute Gasteiger partial charge is 0.396 e. The lowest BCUT2D eigenvalue weighted by Crippen LogP contribution is -2.69. The van der Waals surface area contributed by atoms with Gasteiger partial charge in [-0.2, -0.15) is 0 Å². The van der Waals surface area contributed by atoms with Crippen LogP contribution < -0.4 is 0 Å². The second-order valence-electron chi connectivity index (χ2n) is 18.1. The zero-order valence-corrected chi connectivity index (χ0v) is 29.1. The fourth-order valence-corrected chi connectivity index (χ4v) is 12.4. The number of fused-ring (bicyclic) bond motifs is 7. The van der Waals surface area contributed by atoms with Crippen molar-refractivity contribution >= 4 is 0 Å². The number of methoxy groups -OCH3 is 1. The third-order valence-electron chi connectivity index (χ3n) is 15.5. The van der Waals surface area contributed by atoms with E-state index >= 15 is 0 Å². The molecular formula is C37H62O8. The molecule has 4 saturated carbocycles. The van der Waals surface area contributed by atoms with Crippen LogP contribution in [-0.2, 0) is 14.2 Å². The van der Waals surface area contributed by atoms with Crippen molar-refractivity contribution in [3.63, 3.8) is 0 Å². The van der Waals surface area contributed by atoms with Crippen LogP contribution in [0.3, 0.4) is 0 Å². The monoisotopic (exact) mass is 634 g/mol. The third-order valence-corrected chi connectivity index (χ3v) is 15.5. The molecule has 8 nitrogen and oxygen atoms in total. The molecule has 0 amide bonds. The summed E-state index contributed by atoms with van der Waals surface area (Å²) >= 11 is 0. The van der Waals surface area contributed by atoms with Crippen molar-refractivity contribution in [3.05, 3.63) is 11.6 Å². The Morgan fingerprint density at radius 2 is 1.53 bits per heavy atom. The van der Waals surface area contributed by atoms with E-state index in [4.69, 9.17) is 14.2 Å². The first-order chi connectivity index (χ1) is 21.0. The van der Waals surface area contributed by atoms with Crippen LogP contribution in [0.4, 0.5) is 0 Å². The molecule has 1 aliphatic heterocycles. The van der Waals surface area contributed by atoms with Crippen LogP contribution in [0, 0.1) is 50.2 Å². The Kier molecular flexibility index (Phi) is 8.56. The standard InChI is InChI=1S/C37H62O8/c1-21-27(40)28(41)29(42)31(44-21)45-26-10-11-33(4)25(34(26,5)19-38)9-12-36(7)30(33)24(43-8)17-22-23-18-32(2,3)13-15-37(23,20-39)16-14-35(22,36)6/h17,21,23-31,38-42H,9-16,18-20H2,1-8H3. The minimum atomic E-state index is -1.37. The third kappa shape index (κ3) is 4.74. The first-order valence-electron chi connectivity index (χ1n) is 17.8. The summed E-state index contributed by atoms with van der Waals surface area (Å²) in [5, 5.41) is 53.5. The van der Waals surface area contributed by atoms with Gasteiger partial charge in [-0.15, -0.1) is 0 Å². The van der Waals surface area contributed by atoms with Gasteiger partial charge >= 0.3 is 0 Å². The molecule has 0 aromatic carbocycles. The molecule has 258 valence electrons. The van der Waals surface area contributed by atoms with Gasteiger partial charge in [-0.05, 0) is 98.2 Å². The van der Waals surface area contributed by atoms with Crippen LogP contribution in [0.25, 0.3) is 0 Å². The number of ether oxygens (including phenoxy) is 3. The van der Waals surface area contributed by atoms with Crippen molar-refractivity contribution in [1.29, 1.82) is 0 Å². The number of hydrogen-bond acceptors (Lipinski definition) is 8. The fraction of sp³-hybridized carbons (Fsp3) is 0.946. The van der Waals surface area contributed by atoms with Gasteiger partial charge in [-0.3, -0.25) is 0 Å². The smallest absolute Gasteiger partial charge is 0.186 e. The predicted octanol–water partition coefficient (Wildman–Crippen LogP) is 4.59. The minimum Gasteiger partial charge on any atom is -0.396 e. The molecule has 8 heteroatoms. The molecule has 15 atom stereocenters. The fourth-order valence-electron chi connectivity index (χ4n) is 12.4. The lowest BCUT2D eigenvalue weighted by atomic mass is 9.33. The molecule has 5 aliphatic carbocycles. The van der Waals surface area contributed by atoms with Gasteiger partial charge in [0.25, 0.3) is 0 Å². The van der Waals surface area contributed by atoms with Gasteiger partial charge in [0, 0.05) is 30.5 Å². The SMILES string of the molecule is COC1C=C2C3CC(C)(C)CCC3(CO)CCC2(C)C2(C)CCC3C(C)(CO)C(OC4OC(C)C(O)C(O)C4O)CCC3(C)C12. The van der Waals surface area contributed by atoms with Crippen molar-refractivity contribution in [3.8, 4) is 0 Å².